The van der Waals surface area contributed by atoms with Crippen LogP contribution in [-0.4, -0.2) is 175 Å². The van der Waals surface area contributed by atoms with Crippen molar-refractivity contribution in [2.75, 3.05) is 57.4 Å². The average molecular weight is 1640 g/mol. The van der Waals surface area contributed by atoms with Crippen molar-refractivity contribution >= 4 is 71.0 Å². The second kappa shape index (κ2) is 79.0. The van der Waals surface area contributed by atoms with Crippen molar-refractivity contribution in [3.63, 3.8) is 0 Å². The molecule has 114 heavy (non-hydrogen) atoms. The lowest BCUT2D eigenvalue weighted by atomic mass is 10.0. The summed E-state index contributed by atoms with van der Waals surface area (Å²) in [6.07, 6.45) is 49.1. The minimum atomic E-state index is -1.65. The molecule has 0 bridgehead atoms. The van der Waals surface area contributed by atoms with E-state index < -0.39 is 114 Å². The lowest BCUT2D eigenvalue weighted by Gasteiger charge is -2.28. The van der Waals surface area contributed by atoms with Crippen LogP contribution in [0.5, 0.6) is 0 Å². The van der Waals surface area contributed by atoms with Crippen molar-refractivity contribution in [1.29, 1.82) is 0 Å². The summed E-state index contributed by atoms with van der Waals surface area (Å²) in [6.45, 7) is 6.99. The second-order valence-corrected chi connectivity index (χ2v) is 32.8. The number of rotatable bonds is 84. The molecule has 0 aromatic carbocycles. The SMILES string of the molecule is CCCCCCCCCCCCCCCC(=O)N[C@@H](CSCC(COC(=O)CCCCCCCCCCCCCCC)OC(=O)CCCCCCCCCCCCCCC)C(=O)N[C@@H](CO)C(=O)N[C@@H](CCCCN)C(=O)N[C@@H](CCCCN)C(=O)N[C@@H](CCCCN)C(=O)N[C@@H](CCCCN)C(=O)N[C@@H](CCCCN)C(=O)O. The molecule has 0 saturated heterocycles. The van der Waals surface area contributed by atoms with Crippen LogP contribution in [0.25, 0.3) is 0 Å². The number of hydrogen-bond donors (Lipinski definition) is 14. The molecule has 0 aliphatic heterocycles. The summed E-state index contributed by atoms with van der Waals surface area (Å²) >= 11 is 1.19. The molecular weight excluding hydrogens is 1470 g/mol. The van der Waals surface area contributed by atoms with Gasteiger partial charge in [0.05, 0.1) is 6.61 Å². The van der Waals surface area contributed by atoms with Gasteiger partial charge in [-0.3, -0.25) is 43.2 Å². The maximum Gasteiger partial charge on any atom is 0.326 e. The van der Waals surface area contributed by atoms with Gasteiger partial charge in [0.2, 0.25) is 41.4 Å². The Morgan fingerprint density at radius 2 is 0.544 bits per heavy atom. The van der Waals surface area contributed by atoms with Gasteiger partial charge in [-0.1, -0.05) is 252 Å². The zero-order chi connectivity index (χ0) is 84.1. The number of ether oxygens (including phenoxy) is 2. The van der Waals surface area contributed by atoms with Crippen LogP contribution in [0.4, 0.5) is 0 Å². The monoisotopic (exact) mass is 1640 g/mol. The van der Waals surface area contributed by atoms with Gasteiger partial charge in [0.25, 0.3) is 0 Å². The quantitative estimate of drug-likeness (QED) is 0.0199. The fraction of sp³-hybridized carbons (Fsp3) is 0.885. The molecule has 0 spiro atoms. The second-order valence-electron chi connectivity index (χ2n) is 31.7. The van der Waals surface area contributed by atoms with Crippen molar-refractivity contribution < 1.29 is 67.6 Å². The van der Waals surface area contributed by atoms with E-state index in [1.807, 2.05) is 0 Å². The van der Waals surface area contributed by atoms with E-state index in [0.29, 0.717) is 96.6 Å². The fourth-order valence-corrected chi connectivity index (χ4v) is 14.9. The number of carboxylic acid groups (broad SMARTS) is 1. The summed E-state index contributed by atoms with van der Waals surface area (Å²) in [5.41, 5.74) is 29.0. The smallest absolute Gasteiger partial charge is 0.326 e. The van der Waals surface area contributed by atoms with Gasteiger partial charge in [-0.15, -0.1) is 0 Å². The molecule has 0 aromatic rings. The number of nitrogens with two attached hydrogens (primary N) is 5. The van der Waals surface area contributed by atoms with E-state index in [0.717, 1.165) is 64.2 Å². The predicted octanol–water partition coefficient (Wildman–Crippen LogP) is 12.7. The molecule has 0 aromatic heterocycles. The van der Waals surface area contributed by atoms with Crippen LogP contribution in [0.15, 0.2) is 0 Å². The van der Waals surface area contributed by atoms with E-state index in [2.05, 4.69) is 58.0 Å². The number of aliphatic hydroxyl groups is 1. The average Bonchev–Trinajstić information content (AvgIpc) is 0.853. The number of unbranched alkanes of at least 4 members (excludes halogenated alkanes) is 41. The van der Waals surface area contributed by atoms with Gasteiger partial charge in [0.1, 0.15) is 55.0 Å². The molecule has 0 aliphatic carbocycles. The third kappa shape index (κ3) is 63.0. The Kier molecular flexibility index (Phi) is 75.4. The number of carboxylic acids is 1. The zero-order valence-electron chi connectivity index (χ0n) is 71.9. The summed E-state index contributed by atoms with van der Waals surface area (Å²) in [5, 5.41) is 39.8. The number of hydrogen-bond acceptors (Lipinski definition) is 19. The van der Waals surface area contributed by atoms with Crippen LogP contribution in [0.2, 0.25) is 0 Å². The molecule has 0 saturated carbocycles. The summed E-state index contributed by atoms with van der Waals surface area (Å²) in [5.74, 6) is -7.23. The van der Waals surface area contributed by atoms with E-state index in [-0.39, 0.29) is 89.1 Å². The topological polar surface area (TPSA) is 444 Å². The first-order valence-electron chi connectivity index (χ1n) is 45.8. The molecule has 19 N–H and O–H groups in total. The Morgan fingerprint density at radius 1 is 0.289 bits per heavy atom. The highest BCUT2D eigenvalue weighted by molar-refractivity contribution is 7.99. The van der Waals surface area contributed by atoms with Crippen LogP contribution in [0.3, 0.4) is 0 Å². The van der Waals surface area contributed by atoms with Crippen molar-refractivity contribution in [3.8, 4) is 0 Å². The Morgan fingerprint density at radius 3 is 0.842 bits per heavy atom. The molecule has 0 fully saturated rings. The number of aliphatic carboxylic acids is 1. The van der Waals surface area contributed by atoms with Gasteiger partial charge < -0.3 is 85.6 Å². The number of aliphatic hydroxyl groups excluding tert-OH is 1. The lowest BCUT2D eigenvalue weighted by Crippen LogP contribution is -2.60. The van der Waals surface area contributed by atoms with Crippen molar-refractivity contribution in [3.05, 3.63) is 0 Å². The van der Waals surface area contributed by atoms with Crippen LogP contribution < -0.4 is 65.9 Å². The summed E-state index contributed by atoms with van der Waals surface area (Å²) in [4.78, 5) is 139. The van der Waals surface area contributed by atoms with Gasteiger partial charge in [-0.05, 0) is 148 Å². The number of carbonyl (C=O) groups is 10. The highest BCUT2D eigenvalue weighted by Gasteiger charge is 2.35. The van der Waals surface area contributed by atoms with E-state index in [4.69, 9.17) is 38.1 Å². The molecule has 0 rings (SSSR count). The first-order chi connectivity index (χ1) is 55.4. The Labute approximate surface area is 693 Å². The lowest BCUT2D eigenvalue weighted by molar-refractivity contribution is -0.157. The van der Waals surface area contributed by atoms with Gasteiger partial charge >= 0.3 is 17.9 Å². The molecule has 7 amide bonds. The van der Waals surface area contributed by atoms with E-state index in [1.54, 1.807) is 0 Å². The number of thioether (sulfide) groups is 1. The van der Waals surface area contributed by atoms with Gasteiger partial charge in [0.15, 0.2) is 0 Å². The Balaban J connectivity index is 6.85. The summed E-state index contributed by atoms with van der Waals surface area (Å²) < 4.78 is 11.8. The van der Waals surface area contributed by atoms with Crippen LogP contribution in [0, 0.1) is 0 Å². The third-order valence-electron chi connectivity index (χ3n) is 21.1. The first kappa shape index (κ1) is 109. The molecule has 666 valence electrons. The standard InChI is InChI=1S/C87H168N12O14S/c1-4-7-10-13-16-19-22-25-28-31-34-37-40-58-78(101)93-77(69-114-68-70(113-80(103)60-42-39-36-33-30-27-24-21-18-15-12-9-6-3)67-112-79(102)59-41-38-35-32-29-26-23-20-17-14-11-8-5-2)86(109)99-76(66-100)85(108)97-73(55-45-50-63-90)83(106)95-71(53-43-48-61-88)81(104)94-72(54-44-49-62-89)82(105)96-74(56-46-51-64-91)84(107)98-75(87(110)111)57-47-52-65-92/h70-77,100H,4-69,88-92H2,1-3H3,(H,93,101)(H,94,104)(H,95,106)(H,96,105)(H,97,108)(H,98,107)(H,99,109)(H,110,111)/t70?,71-,72-,73-,74-,75-,76-,77-/m0/s1. The highest BCUT2D eigenvalue weighted by Crippen LogP contribution is 2.20. The molecule has 0 heterocycles. The van der Waals surface area contributed by atoms with Crippen molar-refractivity contribution in [2.24, 2.45) is 28.7 Å². The molecule has 27 heteroatoms. The van der Waals surface area contributed by atoms with Gasteiger partial charge in [-0.2, -0.15) is 11.8 Å². The first-order valence-corrected chi connectivity index (χ1v) is 46.9. The minimum absolute atomic E-state index is 0.0138. The van der Waals surface area contributed by atoms with E-state index in [9.17, 15) is 58.2 Å². The summed E-state index contributed by atoms with van der Waals surface area (Å²) in [7, 11) is 0. The number of amides is 7. The van der Waals surface area contributed by atoms with Crippen molar-refractivity contribution in [2.45, 2.75) is 435 Å². The van der Waals surface area contributed by atoms with E-state index >= 15 is 0 Å². The Hall–Kier alpha value is -5.19. The molecule has 0 radical (unpaired) electrons. The maximum absolute atomic E-state index is 14.6. The maximum atomic E-state index is 14.6. The highest BCUT2D eigenvalue weighted by atomic mass is 32.2. The molecule has 1 unspecified atom stereocenters. The number of nitrogens with one attached hydrogen (secondary N) is 7. The van der Waals surface area contributed by atoms with Gasteiger partial charge in [-0.25, -0.2) is 4.79 Å². The van der Waals surface area contributed by atoms with Gasteiger partial charge in [0, 0.05) is 30.8 Å². The largest absolute Gasteiger partial charge is 0.480 e. The normalized spacial score (nSPS) is 13.5. The van der Waals surface area contributed by atoms with Crippen molar-refractivity contribution in [1.82, 2.24) is 37.2 Å². The van der Waals surface area contributed by atoms with Crippen LogP contribution >= 0.6 is 11.8 Å². The summed E-state index contributed by atoms with van der Waals surface area (Å²) in [6, 6.07) is -9.26. The molecule has 8 atom stereocenters. The predicted molar refractivity (Wildman–Crippen MR) is 462 cm³/mol. The Bertz CT molecular complexity index is 2430. The number of esters is 2. The molecular formula is C87H168N12O14S. The van der Waals surface area contributed by atoms with E-state index in [1.165, 1.54) is 179 Å². The van der Waals surface area contributed by atoms with Crippen LogP contribution in [-0.2, 0) is 57.4 Å². The minimum Gasteiger partial charge on any atom is -0.480 e. The molecule has 0 aliphatic rings. The fourth-order valence-electron chi connectivity index (χ4n) is 13.9. The zero-order valence-corrected chi connectivity index (χ0v) is 72.7. The number of carbonyl (C=O) groups excluding carboxylic acids is 9. The third-order valence-corrected chi connectivity index (χ3v) is 22.3. The molecule has 26 nitrogen and oxygen atoms in total. The van der Waals surface area contributed by atoms with Crippen LogP contribution in [0.1, 0.15) is 387 Å².